The maximum atomic E-state index is 10.3. The van der Waals surface area contributed by atoms with Crippen LogP contribution in [0.3, 0.4) is 0 Å². The van der Waals surface area contributed by atoms with Crippen LogP contribution >= 0.6 is 0 Å². The van der Waals surface area contributed by atoms with Gasteiger partial charge in [-0.3, -0.25) is 0 Å². The van der Waals surface area contributed by atoms with Gasteiger partial charge in [0.2, 0.25) is 5.75 Å². The molecule has 0 bridgehead atoms. The molecule has 0 aromatic heterocycles. The predicted octanol–water partition coefficient (Wildman–Crippen LogP) is 8.13. The molecule has 0 radical (unpaired) electrons. The van der Waals surface area contributed by atoms with Crippen molar-refractivity contribution in [1.29, 1.82) is 0 Å². The van der Waals surface area contributed by atoms with E-state index in [1.165, 1.54) is 70.3 Å². The van der Waals surface area contributed by atoms with Crippen molar-refractivity contribution in [3.63, 3.8) is 0 Å². The Bertz CT molecular complexity index is 503. The van der Waals surface area contributed by atoms with Crippen LogP contribution in [0.4, 0.5) is 0 Å². The molecule has 0 aliphatic heterocycles. The van der Waals surface area contributed by atoms with Crippen LogP contribution in [0.1, 0.15) is 117 Å². The van der Waals surface area contributed by atoms with Crippen molar-refractivity contribution in [2.24, 2.45) is 0 Å². The van der Waals surface area contributed by atoms with E-state index in [2.05, 4.69) is 20.8 Å². The number of para-hydroxylation sites is 1. The van der Waals surface area contributed by atoms with E-state index in [1.54, 1.807) is 12.1 Å². The molecule has 0 fully saturated rings. The predicted molar refractivity (Wildman–Crippen MR) is 119 cm³/mol. The summed E-state index contributed by atoms with van der Waals surface area (Å²) in [5.74, 6) is 0.202. The van der Waals surface area contributed by atoms with Crippen LogP contribution in [0.5, 0.6) is 17.2 Å². The lowest BCUT2D eigenvalue weighted by molar-refractivity contribution is 0.0307. The molecule has 0 aliphatic carbocycles. The van der Waals surface area contributed by atoms with E-state index >= 15 is 0 Å². The Morgan fingerprint density at radius 1 is 0.679 bits per heavy atom. The normalized spacial score (nSPS) is 11.7. The number of hydrogen-bond donors (Lipinski definition) is 2. The topological polar surface area (TPSA) is 49.7 Å². The quantitative estimate of drug-likeness (QED) is 0.208. The summed E-state index contributed by atoms with van der Waals surface area (Å²) in [6, 6.07) is 5.04. The minimum absolute atomic E-state index is 0.104. The van der Waals surface area contributed by atoms with E-state index < -0.39 is 0 Å². The van der Waals surface area contributed by atoms with Gasteiger partial charge in [0.1, 0.15) is 5.60 Å². The van der Waals surface area contributed by atoms with Crippen molar-refractivity contribution in [2.45, 2.75) is 123 Å². The Kier molecular flexibility index (Phi) is 12.9. The lowest BCUT2D eigenvalue weighted by Crippen LogP contribution is -2.36. The van der Waals surface area contributed by atoms with Gasteiger partial charge in [-0.05, 0) is 50.7 Å². The first-order chi connectivity index (χ1) is 13.6. The molecule has 162 valence electrons. The van der Waals surface area contributed by atoms with Gasteiger partial charge in [-0.15, -0.1) is 0 Å². The summed E-state index contributed by atoms with van der Waals surface area (Å²) >= 11 is 0. The molecule has 0 aliphatic rings. The van der Waals surface area contributed by atoms with Gasteiger partial charge in [-0.2, -0.15) is 0 Å². The van der Waals surface area contributed by atoms with E-state index in [1.807, 2.05) is 0 Å². The number of benzene rings is 1. The third-order valence-electron chi connectivity index (χ3n) is 5.76. The summed E-state index contributed by atoms with van der Waals surface area (Å²) in [6.07, 6.45) is 17.8. The maximum absolute atomic E-state index is 10.3. The highest BCUT2D eigenvalue weighted by atomic mass is 16.5. The first-order valence-electron chi connectivity index (χ1n) is 11.8. The zero-order valence-electron chi connectivity index (χ0n) is 18.6. The third kappa shape index (κ3) is 9.21. The number of ether oxygens (including phenoxy) is 1. The Morgan fingerprint density at radius 2 is 1.14 bits per heavy atom. The summed E-state index contributed by atoms with van der Waals surface area (Å²) in [6.45, 7) is 6.71. The minimum atomic E-state index is -0.236. The SMILES string of the molecule is CCCCCCCCC(CCCCC)(CCCCC)Oc1cccc(O)c1O. The van der Waals surface area contributed by atoms with E-state index in [-0.39, 0.29) is 17.1 Å². The second-order valence-corrected chi connectivity index (χ2v) is 8.34. The molecule has 28 heavy (non-hydrogen) atoms. The summed E-state index contributed by atoms with van der Waals surface area (Å²) in [5, 5.41) is 20.2. The molecule has 0 heterocycles. The minimum Gasteiger partial charge on any atom is -0.504 e. The summed E-state index contributed by atoms with van der Waals surface area (Å²) < 4.78 is 6.52. The van der Waals surface area contributed by atoms with Crippen molar-refractivity contribution in [3.8, 4) is 17.2 Å². The van der Waals surface area contributed by atoms with Gasteiger partial charge in [0, 0.05) is 0 Å². The van der Waals surface area contributed by atoms with Crippen LogP contribution in [0.25, 0.3) is 0 Å². The lowest BCUT2D eigenvalue weighted by atomic mass is 9.84. The molecule has 3 heteroatoms. The second kappa shape index (κ2) is 14.6. The Morgan fingerprint density at radius 3 is 1.71 bits per heavy atom. The molecule has 0 amide bonds. The Balaban J connectivity index is 2.88. The standard InChI is InChI=1S/C25H44O3/c1-4-7-10-11-12-15-21-25(19-13-8-5-2,20-14-9-6-3)28-23-18-16-17-22(26)24(23)27/h16-18,26-27H,4-15,19-21H2,1-3H3. The monoisotopic (exact) mass is 392 g/mol. The maximum Gasteiger partial charge on any atom is 0.200 e. The number of rotatable bonds is 17. The Labute approximate surface area is 173 Å². The fourth-order valence-corrected chi connectivity index (χ4v) is 3.98. The van der Waals surface area contributed by atoms with Crippen molar-refractivity contribution in [2.75, 3.05) is 0 Å². The molecule has 1 aromatic carbocycles. The lowest BCUT2D eigenvalue weighted by Gasteiger charge is -2.35. The number of unbranched alkanes of at least 4 members (excludes halogenated alkanes) is 9. The average molecular weight is 393 g/mol. The van der Waals surface area contributed by atoms with Gasteiger partial charge in [0.25, 0.3) is 0 Å². The highest BCUT2D eigenvalue weighted by Gasteiger charge is 2.32. The van der Waals surface area contributed by atoms with Crippen LogP contribution in [-0.4, -0.2) is 15.8 Å². The smallest absolute Gasteiger partial charge is 0.200 e. The molecule has 0 unspecified atom stereocenters. The van der Waals surface area contributed by atoms with Gasteiger partial charge in [0.05, 0.1) is 0 Å². The molecule has 1 rings (SSSR count). The van der Waals surface area contributed by atoms with Crippen LogP contribution < -0.4 is 4.74 Å². The van der Waals surface area contributed by atoms with E-state index in [4.69, 9.17) is 4.74 Å². The summed E-state index contributed by atoms with van der Waals surface area (Å²) in [7, 11) is 0. The van der Waals surface area contributed by atoms with Gasteiger partial charge in [0.15, 0.2) is 11.5 Å². The van der Waals surface area contributed by atoms with E-state index in [9.17, 15) is 10.2 Å². The average Bonchev–Trinajstić information content (AvgIpc) is 2.68. The summed E-state index contributed by atoms with van der Waals surface area (Å²) in [5.41, 5.74) is -0.236. The van der Waals surface area contributed by atoms with E-state index in [0.29, 0.717) is 5.75 Å². The van der Waals surface area contributed by atoms with Crippen molar-refractivity contribution >= 4 is 0 Å². The van der Waals surface area contributed by atoms with Crippen LogP contribution in [0, 0.1) is 0 Å². The second-order valence-electron chi connectivity index (χ2n) is 8.34. The fraction of sp³-hybridized carbons (Fsp3) is 0.760. The highest BCUT2D eigenvalue weighted by Crippen LogP contribution is 2.41. The third-order valence-corrected chi connectivity index (χ3v) is 5.76. The van der Waals surface area contributed by atoms with Crippen molar-refractivity contribution in [3.05, 3.63) is 18.2 Å². The van der Waals surface area contributed by atoms with E-state index in [0.717, 1.165) is 32.1 Å². The van der Waals surface area contributed by atoms with Gasteiger partial charge < -0.3 is 14.9 Å². The number of phenolic OH excluding ortho intramolecular Hbond substituents is 2. The zero-order valence-corrected chi connectivity index (χ0v) is 18.6. The molecular weight excluding hydrogens is 348 g/mol. The van der Waals surface area contributed by atoms with Crippen LogP contribution in [0.15, 0.2) is 18.2 Å². The summed E-state index contributed by atoms with van der Waals surface area (Å²) in [4.78, 5) is 0. The molecular formula is C25H44O3. The first kappa shape index (κ1) is 24.7. The molecule has 0 saturated carbocycles. The largest absolute Gasteiger partial charge is 0.504 e. The number of aromatic hydroxyl groups is 2. The van der Waals surface area contributed by atoms with Gasteiger partial charge in [-0.1, -0.05) is 84.6 Å². The molecule has 2 N–H and O–H groups in total. The van der Waals surface area contributed by atoms with Crippen LogP contribution in [-0.2, 0) is 0 Å². The fourth-order valence-electron chi connectivity index (χ4n) is 3.98. The molecule has 1 aromatic rings. The van der Waals surface area contributed by atoms with Crippen molar-refractivity contribution < 1.29 is 14.9 Å². The molecule has 3 nitrogen and oxygen atoms in total. The highest BCUT2D eigenvalue weighted by molar-refractivity contribution is 5.49. The van der Waals surface area contributed by atoms with Crippen LogP contribution in [0.2, 0.25) is 0 Å². The number of phenols is 2. The molecule has 0 saturated heterocycles. The van der Waals surface area contributed by atoms with Crippen molar-refractivity contribution in [1.82, 2.24) is 0 Å². The zero-order chi connectivity index (χ0) is 20.7. The van der Waals surface area contributed by atoms with Gasteiger partial charge in [-0.25, -0.2) is 0 Å². The molecule has 0 spiro atoms. The Hall–Kier alpha value is -1.38. The number of hydrogen-bond acceptors (Lipinski definition) is 3. The van der Waals surface area contributed by atoms with Gasteiger partial charge >= 0.3 is 0 Å². The molecule has 0 atom stereocenters. The first-order valence-corrected chi connectivity index (χ1v) is 11.8.